The molecule has 5 rings (SSSR count). The number of nitrogens with zero attached hydrogens (tertiary/aromatic N) is 7. The molecule has 26 nitrogen and oxygen atoms in total. The van der Waals surface area contributed by atoms with Crippen LogP contribution in [0.3, 0.4) is 0 Å². The van der Waals surface area contributed by atoms with E-state index in [0.717, 1.165) is 24.3 Å². The molecule has 32 heteroatoms. The molecular formula is C33H28CuN9O17S5. The zero-order valence-electron chi connectivity index (χ0n) is 31.9. The molecule has 65 heavy (non-hydrogen) atoms. The topological polar surface area (TPSA) is 400 Å². The number of amidine groups is 1. The Hall–Kier alpha value is -5.87. The van der Waals surface area contributed by atoms with E-state index in [2.05, 4.69) is 59.9 Å². The van der Waals surface area contributed by atoms with Gasteiger partial charge < -0.3 is 36.5 Å². The van der Waals surface area contributed by atoms with Gasteiger partial charge in [-0.3, -0.25) is 13.9 Å². The summed E-state index contributed by atoms with van der Waals surface area (Å²) in [6, 6.07) is 18.1. The Kier molecular flexibility index (Phi) is 18.2. The van der Waals surface area contributed by atoms with Crippen molar-refractivity contribution in [2.75, 3.05) is 28.7 Å². The number of anilines is 4. The van der Waals surface area contributed by atoms with E-state index >= 15 is 0 Å². The van der Waals surface area contributed by atoms with Gasteiger partial charge >= 0.3 is 39.4 Å². The minimum Gasteiger partial charge on any atom is -0.573 e. The minimum absolute atomic E-state index is 0. The largest absolute Gasteiger partial charge is 1.00 e. The van der Waals surface area contributed by atoms with Crippen molar-refractivity contribution in [2.24, 2.45) is 15.3 Å². The molecule has 5 aromatic rings. The molecule has 0 amide bonds. The predicted octanol–water partition coefficient (Wildman–Crippen LogP) is 5.36. The number of rotatable bonds is 21. The van der Waals surface area contributed by atoms with Crippen LogP contribution in [0.4, 0.5) is 34.6 Å². The smallest absolute Gasteiger partial charge is 0.573 e. The third-order valence-electron chi connectivity index (χ3n) is 7.48. The first-order chi connectivity index (χ1) is 30.2. The standard InChI is InChI=1S/C33H29N9O17S5.Cu/c43-27(44)17-60-33-37-31(34-19-7-4-8-21(13-19)62(49,50)12-11-57-64(54,55)56)36-32(38-33)35-25-15-22(63(51,52)53)16-26(28(25)45)40-42-29(18-5-2-1-3-6-18)41-39-24-10-9-20(61-59-58-48)14-23(24)30(46)47;/h1-10,13-16H,11-12,17H2,(H9,34,35,36,37,38,39,40,41,42,43,44,45,46,47,48,51,52,53,54,55,56);/q;+1/p-1. The van der Waals surface area contributed by atoms with Crippen LogP contribution in [-0.2, 0) is 65.8 Å². The minimum atomic E-state index is -5.04. The fourth-order valence-electron chi connectivity index (χ4n) is 4.76. The number of aromatic carboxylic acids is 1. The van der Waals surface area contributed by atoms with Gasteiger partial charge in [0.25, 0.3) is 10.1 Å². The van der Waals surface area contributed by atoms with Crippen LogP contribution < -0.4 is 10.6 Å². The van der Waals surface area contributed by atoms with Gasteiger partial charge in [0.15, 0.2) is 26.6 Å². The number of aliphatic carboxylic acids is 1. The molecule has 0 radical (unpaired) electrons. The van der Waals surface area contributed by atoms with Crippen molar-refractivity contribution < 1.29 is 95.1 Å². The van der Waals surface area contributed by atoms with Crippen LogP contribution >= 0.6 is 23.8 Å². The third kappa shape index (κ3) is 15.7. The number of benzene rings is 4. The molecule has 0 aliphatic carbocycles. The van der Waals surface area contributed by atoms with Gasteiger partial charge in [0.1, 0.15) is 5.69 Å². The maximum Gasteiger partial charge on any atom is 1.00 e. The summed E-state index contributed by atoms with van der Waals surface area (Å²) >= 11 is 1.09. The Balaban J connectivity index is 0.00000925. The summed E-state index contributed by atoms with van der Waals surface area (Å²) in [6.07, 6.45) is 0. The summed E-state index contributed by atoms with van der Waals surface area (Å²) < 4.78 is 99.4. The van der Waals surface area contributed by atoms with Crippen molar-refractivity contribution in [2.45, 2.75) is 19.8 Å². The number of aromatic hydroxyl groups is 1. The number of aromatic nitrogens is 3. The molecule has 0 bridgehead atoms. The zero-order chi connectivity index (χ0) is 46.7. The van der Waals surface area contributed by atoms with Crippen LogP contribution in [0.1, 0.15) is 15.9 Å². The molecule has 0 aliphatic rings. The summed E-state index contributed by atoms with van der Waals surface area (Å²) in [5.41, 5.74) is 2.60. The number of nitrogens with one attached hydrogen (secondary N) is 2. The Labute approximate surface area is 385 Å². The summed E-state index contributed by atoms with van der Waals surface area (Å²) in [7, 11) is -14.1. The molecule has 0 fully saturated rings. The first-order valence-corrected chi connectivity index (χ1v) is 23.1. The van der Waals surface area contributed by atoms with E-state index in [1.165, 1.54) is 42.5 Å². The molecule has 4 aromatic carbocycles. The van der Waals surface area contributed by atoms with E-state index in [1.807, 2.05) is 0 Å². The van der Waals surface area contributed by atoms with Crippen molar-refractivity contribution >= 4 is 107 Å². The Morgan fingerprint density at radius 3 is 2.18 bits per heavy atom. The summed E-state index contributed by atoms with van der Waals surface area (Å²) in [5.74, 6) is -6.04. The number of phenols is 1. The molecule has 0 unspecified atom stereocenters. The van der Waals surface area contributed by atoms with Crippen LogP contribution in [-0.4, -0.2) is 106 Å². The van der Waals surface area contributed by atoms with Crippen molar-refractivity contribution in [3.05, 3.63) is 101 Å². The second kappa shape index (κ2) is 22.8. The Morgan fingerprint density at radius 1 is 0.831 bits per heavy atom. The first kappa shape index (κ1) is 51.8. The number of hydrogen-bond acceptors (Lipinski definition) is 22. The van der Waals surface area contributed by atoms with E-state index in [-0.39, 0.29) is 66.3 Å². The Bertz CT molecular complexity index is 2950. The van der Waals surface area contributed by atoms with E-state index in [4.69, 9.17) is 9.81 Å². The SMILES string of the molecule is O=C(O)CSc1nc(Nc2cccc(S(=O)(=O)CCOS(=O)(=O)O)c2)nc(Nc2cc(S(=O)(=O)O)cc(N=N/C(=N\[N-]c3ccc(SOOO)cc3C(=O)O)c3ccccc3)c2O)n1.[Cu+]. The summed E-state index contributed by atoms with van der Waals surface area (Å²) in [4.78, 5) is 34.7. The second-order valence-corrected chi connectivity index (χ2v) is 18.2. The fraction of sp³-hybridized carbons (Fsp3) is 0.0909. The summed E-state index contributed by atoms with van der Waals surface area (Å²) in [5, 5.41) is 59.3. The van der Waals surface area contributed by atoms with Crippen LogP contribution in [0.2, 0.25) is 0 Å². The molecular weight excluding hydrogens is 1020 g/mol. The molecule has 1 aromatic heterocycles. The van der Waals surface area contributed by atoms with Gasteiger partial charge in [-0.05, 0) is 42.5 Å². The van der Waals surface area contributed by atoms with Crippen LogP contribution in [0.5, 0.6) is 5.75 Å². The number of carboxylic acid groups (broad SMARTS) is 2. The predicted molar refractivity (Wildman–Crippen MR) is 223 cm³/mol. The van der Waals surface area contributed by atoms with Gasteiger partial charge in [-0.15, -0.1) is 20.2 Å². The van der Waals surface area contributed by atoms with E-state index < -0.39 is 88.4 Å². The van der Waals surface area contributed by atoms with Crippen molar-refractivity contribution in [3.63, 3.8) is 0 Å². The first-order valence-electron chi connectivity index (χ1n) is 16.9. The maximum atomic E-state index is 12.8. The zero-order valence-corrected chi connectivity index (χ0v) is 36.9. The van der Waals surface area contributed by atoms with Crippen molar-refractivity contribution in [1.29, 1.82) is 0 Å². The molecule has 0 aliphatic heterocycles. The normalized spacial score (nSPS) is 12.1. The maximum absolute atomic E-state index is 12.8. The summed E-state index contributed by atoms with van der Waals surface area (Å²) in [6.45, 7) is -0.900. The second-order valence-electron chi connectivity index (χ2n) is 11.9. The number of sulfone groups is 1. The molecule has 1 heterocycles. The average Bonchev–Trinajstić information content (AvgIpc) is 3.23. The molecule has 0 atom stereocenters. The number of phenolic OH excluding ortho intramolecular Hbond substituents is 1. The number of carbonyl (C=O) groups is 2. The van der Waals surface area contributed by atoms with E-state index in [1.54, 1.807) is 18.2 Å². The van der Waals surface area contributed by atoms with Gasteiger partial charge in [0.2, 0.25) is 11.9 Å². The molecule has 8 N–H and O–H groups in total. The van der Waals surface area contributed by atoms with E-state index in [9.17, 15) is 54.7 Å². The Morgan fingerprint density at radius 2 is 1.54 bits per heavy atom. The number of azo groups is 1. The van der Waals surface area contributed by atoms with Crippen LogP contribution in [0.15, 0.2) is 120 Å². The molecule has 0 saturated carbocycles. The van der Waals surface area contributed by atoms with Gasteiger partial charge in [-0.2, -0.15) is 31.8 Å². The quantitative estimate of drug-likeness (QED) is 0.00438. The number of thioether (sulfide) groups is 1. The van der Waals surface area contributed by atoms with Gasteiger partial charge in [-0.25, -0.2) is 22.7 Å². The molecule has 0 saturated heterocycles. The van der Waals surface area contributed by atoms with Crippen LogP contribution in [0.25, 0.3) is 5.43 Å². The fourth-order valence-corrected chi connectivity index (χ4v) is 7.77. The van der Waals surface area contributed by atoms with Gasteiger partial charge in [0.05, 0.1) is 45.6 Å². The third-order valence-corrected chi connectivity index (χ3v) is 11.9. The monoisotopic (exact) mass is 1040 g/mol. The van der Waals surface area contributed by atoms with Crippen LogP contribution in [0, 0.1) is 0 Å². The molecule has 0 spiro atoms. The van der Waals surface area contributed by atoms with Gasteiger partial charge in [0, 0.05) is 21.7 Å². The van der Waals surface area contributed by atoms with Crippen molar-refractivity contribution in [1.82, 2.24) is 15.0 Å². The average molecular weight is 1050 g/mol. The van der Waals surface area contributed by atoms with E-state index in [0.29, 0.717) is 23.8 Å². The molecule has 348 valence electrons. The van der Waals surface area contributed by atoms with Crippen molar-refractivity contribution in [3.8, 4) is 5.75 Å². The number of hydrogen-bond donors (Lipinski definition) is 8. The number of carboxylic acids is 2. The van der Waals surface area contributed by atoms with Gasteiger partial charge in [-0.1, -0.05) is 59.3 Å².